The second-order valence-corrected chi connectivity index (χ2v) is 7.51. The minimum atomic E-state index is -0.123. The number of carbonyl (C=O) groups excluding carboxylic acids is 1. The number of aromatic nitrogens is 1. The molecule has 5 N–H and O–H groups in total. The van der Waals surface area contributed by atoms with Crippen LogP contribution in [0, 0.1) is 11.8 Å². The van der Waals surface area contributed by atoms with Gasteiger partial charge in [0.15, 0.2) is 0 Å². The summed E-state index contributed by atoms with van der Waals surface area (Å²) in [6.45, 7) is 0. The van der Waals surface area contributed by atoms with Crippen LogP contribution in [-0.2, 0) is 0 Å². The van der Waals surface area contributed by atoms with Crippen molar-refractivity contribution >= 4 is 11.7 Å². The molecule has 4 aliphatic rings. The molecule has 1 aromatic rings. The first-order chi connectivity index (χ1) is 9.95. The van der Waals surface area contributed by atoms with Crippen LogP contribution in [0.1, 0.15) is 49.0 Å². The predicted molar refractivity (Wildman–Crippen MR) is 80.4 cm³/mol. The first kappa shape index (κ1) is 13.1. The van der Waals surface area contributed by atoms with E-state index in [0.29, 0.717) is 23.3 Å². The number of hydrogen-bond donors (Lipinski definition) is 3. The average molecular weight is 286 g/mol. The van der Waals surface area contributed by atoms with Gasteiger partial charge in [-0.25, -0.2) is 4.98 Å². The Morgan fingerprint density at radius 3 is 2.57 bits per heavy atom. The van der Waals surface area contributed by atoms with Crippen LogP contribution >= 0.6 is 0 Å². The fraction of sp³-hybridized carbons (Fsp3) is 0.625. The lowest BCUT2D eigenvalue weighted by molar-refractivity contribution is -0.0321. The minimum absolute atomic E-state index is 0.0689. The van der Waals surface area contributed by atoms with E-state index in [2.05, 4.69) is 10.3 Å². The molecule has 0 saturated heterocycles. The maximum Gasteiger partial charge on any atom is 0.270 e. The fourth-order valence-electron chi connectivity index (χ4n) is 5.36. The third kappa shape index (κ3) is 2.20. The van der Waals surface area contributed by atoms with Gasteiger partial charge in [0.25, 0.3) is 5.91 Å². The molecule has 4 aliphatic carbocycles. The number of nitrogens with zero attached hydrogens (tertiary/aromatic N) is 1. The standard InChI is InChI=1S/C16H22N4O/c17-13-3-1-2-12(19-13)14(21)20-16-7-10-4-11(8-16)6-15(18,5-10)9-16/h1-3,10-11H,4-9,18H2,(H2,17,19)(H,20,21). The zero-order chi connectivity index (χ0) is 14.7. The number of nitrogen functional groups attached to an aromatic ring is 1. The lowest BCUT2D eigenvalue weighted by atomic mass is 9.50. The van der Waals surface area contributed by atoms with Crippen molar-refractivity contribution in [3.05, 3.63) is 23.9 Å². The SMILES string of the molecule is Nc1cccc(C(=O)NC23CC4CC(CC(N)(C4)C2)C3)n1. The topological polar surface area (TPSA) is 94.0 Å². The number of carbonyl (C=O) groups is 1. The highest BCUT2D eigenvalue weighted by molar-refractivity contribution is 5.93. The Kier molecular flexibility index (Phi) is 2.61. The molecular weight excluding hydrogens is 264 g/mol. The maximum absolute atomic E-state index is 12.5. The van der Waals surface area contributed by atoms with E-state index >= 15 is 0 Å². The van der Waals surface area contributed by atoms with Gasteiger partial charge in [0.1, 0.15) is 11.5 Å². The van der Waals surface area contributed by atoms with Crippen LogP contribution in [0.5, 0.6) is 0 Å². The molecule has 1 heterocycles. The Bertz CT molecular complexity index is 586. The first-order valence-corrected chi connectivity index (χ1v) is 7.79. The largest absolute Gasteiger partial charge is 0.384 e. The number of hydrogen-bond acceptors (Lipinski definition) is 4. The lowest BCUT2D eigenvalue weighted by Crippen LogP contribution is -2.68. The molecule has 5 nitrogen and oxygen atoms in total. The van der Waals surface area contributed by atoms with E-state index in [-0.39, 0.29) is 17.0 Å². The summed E-state index contributed by atoms with van der Waals surface area (Å²) in [6, 6.07) is 5.17. The molecule has 0 radical (unpaired) electrons. The minimum Gasteiger partial charge on any atom is -0.384 e. The monoisotopic (exact) mass is 286 g/mol. The number of amides is 1. The van der Waals surface area contributed by atoms with Crippen LogP contribution in [-0.4, -0.2) is 22.0 Å². The highest BCUT2D eigenvalue weighted by atomic mass is 16.2. The Morgan fingerprint density at radius 2 is 1.95 bits per heavy atom. The molecule has 4 fully saturated rings. The normalized spacial score (nSPS) is 40.2. The van der Waals surface area contributed by atoms with Crippen molar-refractivity contribution in [2.45, 2.75) is 49.6 Å². The van der Waals surface area contributed by atoms with Gasteiger partial charge >= 0.3 is 0 Å². The van der Waals surface area contributed by atoms with Crippen molar-refractivity contribution in [3.63, 3.8) is 0 Å². The van der Waals surface area contributed by atoms with Gasteiger partial charge in [0.05, 0.1) is 0 Å². The smallest absolute Gasteiger partial charge is 0.270 e. The predicted octanol–water partition coefficient (Wildman–Crippen LogP) is 1.44. The highest BCUT2D eigenvalue weighted by Gasteiger charge is 2.56. The molecule has 5 heteroatoms. The molecule has 2 unspecified atom stereocenters. The third-order valence-corrected chi connectivity index (χ3v) is 5.49. The van der Waals surface area contributed by atoms with E-state index in [1.807, 2.05) is 0 Å². The Balaban J connectivity index is 1.58. The summed E-state index contributed by atoms with van der Waals surface area (Å²) in [7, 11) is 0. The zero-order valence-corrected chi connectivity index (χ0v) is 12.1. The second-order valence-electron chi connectivity index (χ2n) is 7.51. The van der Waals surface area contributed by atoms with E-state index in [1.54, 1.807) is 18.2 Å². The first-order valence-electron chi connectivity index (χ1n) is 7.79. The van der Waals surface area contributed by atoms with Gasteiger partial charge in [0, 0.05) is 11.1 Å². The van der Waals surface area contributed by atoms with Gasteiger partial charge in [-0.2, -0.15) is 0 Å². The Morgan fingerprint density at radius 1 is 1.24 bits per heavy atom. The van der Waals surface area contributed by atoms with Crippen LogP contribution in [0.4, 0.5) is 5.82 Å². The van der Waals surface area contributed by atoms with Crippen molar-refractivity contribution in [1.82, 2.24) is 10.3 Å². The number of rotatable bonds is 2. The molecule has 4 saturated carbocycles. The molecule has 0 aromatic carbocycles. The molecule has 1 amide bonds. The third-order valence-electron chi connectivity index (χ3n) is 5.49. The number of nitrogens with one attached hydrogen (secondary N) is 1. The van der Waals surface area contributed by atoms with Crippen molar-refractivity contribution in [3.8, 4) is 0 Å². The van der Waals surface area contributed by atoms with Crippen molar-refractivity contribution < 1.29 is 4.79 Å². The van der Waals surface area contributed by atoms with E-state index in [4.69, 9.17) is 11.5 Å². The van der Waals surface area contributed by atoms with Gasteiger partial charge in [0.2, 0.25) is 0 Å². The van der Waals surface area contributed by atoms with Crippen molar-refractivity contribution in [2.75, 3.05) is 5.73 Å². The van der Waals surface area contributed by atoms with Gasteiger partial charge in [-0.05, 0) is 62.5 Å². The zero-order valence-electron chi connectivity index (χ0n) is 12.1. The van der Waals surface area contributed by atoms with Crippen LogP contribution in [0.2, 0.25) is 0 Å². The van der Waals surface area contributed by atoms with Gasteiger partial charge in [-0.1, -0.05) is 6.07 Å². The quantitative estimate of drug-likeness (QED) is 0.767. The fourth-order valence-corrected chi connectivity index (χ4v) is 5.36. The molecule has 4 bridgehead atoms. The molecule has 0 aliphatic heterocycles. The molecule has 0 spiro atoms. The molecule has 112 valence electrons. The summed E-state index contributed by atoms with van der Waals surface area (Å²) >= 11 is 0. The number of pyridine rings is 1. The molecule has 5 rings (SSSR count). The van der Waals surface area contributed by atoms with Crippen molar-refractivity contribution in [1.29, 1.82) is 0 Å². The van der Waals surface area contributed by atoms with Crippen LogP contribution in [0.15, 0.2) is 18.2 Å². The van der Waals surface area contributed by atoms with E-state index in [1.165, 1.54) is 6.42 Å². The molecule has 2 atom stereocenters. The van der Waals surface area contributed by atoms with Crippen LogP contribution < -0.4 is 16.8 Å². The maximum atomic E-state index is 12.5. The van der Waals surface area contributed by atoms with Gasteiger partial charge < -0.3 is 16.8 Å². The Hall–Kier alpha value is -1.62. The second kappa shape index (κ2) is 4.19. The molecule has 1 aromatic heterocycles. The summed E-state index contributed by atoms with van der Waals surface area (Å²) < 4.78 is 0. The van der Waals surface area contributed by atoms with Crippen molar-refractivity contribution in [2.24, 2.45) is 17.6 Å². The molecular formula is C16H22N4O. The summed E-state index contributed by atoms with van der Waals surface area (Å²) in [5.74, 6) is 1.60. The van der Waals surface area contributed by atoms with Gasteiger partial charge in [-0.3, -0.25) is 4.79 Å². The van der Waals surface area contributed by atoms with E-state index in [0.717, 1.165) is 32.1 Å². The van der Waals surface area contributed by atoms with Crippen LogP contribution in [0.3, 0.4) is 0 Å². The number of anilines is 1. The summed E-state index contributed by atoms with van der Waals surface area (Å²) in [4.78, 5) is 16.6. The summed E-state index contributed by atoms with van der Waals surface area (Å²) in [5.41, 5.74) is 12.4. The van der Waals surface area contributed by atoms with E-state index < -0.39 is 0 Å². The summed E-state index contributed by atoms with van der Waals surface area (Å²) in [6.07, 6.45) is 6.57. The van der Waals surface area contributed by atoms with Crippen LogP contribution in [0.25, 0.3) is 0 Å². The average Bonchev–Trinajstić information content (AvgIpc) is 2.34. The number of nitrogens with two attached hydrogens (primary N) is 2. The lowest BCUT2D eigenvalue weighted by Gasteiger charge is -2.61. The van der Waals surface area contributed by atoms with Gasteiger partial charge in [-0.15, -0.1) is 0 Å². The summed E-state index contributed by atoms with van der Waals surface area (Å²) in [5, 5.41) is 3.26. The molecule has 21 heavy (non-hydrogen) atoms. The Labute approximate surface area is 124 Å². The highest BCUT2D eigenvalue weighted by Crippen LogP contribution is 2.56. The van der Waals surface area contributed by atoms with E-state index in [9.17, 15) is 4.79 Å².